The lowest BCUT2D eigenvalue weighted by Crippen LogP contribution is -2.20. The molecule has 0 aliphatic carbocycles. The van der Waals surface area contributed by atoms with Gasteiger partial charge >= 0.3 is 11.9 Å². The maximum atomic E-state index is 11.3. The summed E-state index contributed by atoms with van der Waals surface area (Å²) in [7, 11) is 0. The average molecular weight is 242 g/mol. The Morgan fingerprint density at radius 3 is 2.12 bits per heavy atom. The summed E-state index contributed by atoms with van der Waals surface area (Å²) < 4.78 is 10.1. The third kappa shape index (κ3) is 6.76. The van der Waals surface area contributed by atoms with Gasteiger partial charge in [-0.2, -0.15) is 0 Å². The Morgan fingerprint density at radius 1 is 1.12 bits per heavy atom. The summed E-state index contributed by atoms with van der Waals surface area (Å²) >= 11 is 0. The summed E-state index contributed by atoms with van der Waals surface area (Å²) in [6.45, 7) is 9.45. The van der Waals surface area contributed by atoms with Gasteiger partial charge in [-0.15, -0.1) is 0 Å². The van der Waals surface area contributed by atoms with E-state index in [-0.39, 0.29) is 37.0 Å². The van der Waals surface area contributed by atoms with Crippen molar-refractivity contribution in [3.05, 3.63) is 11.6 Å². The second-order valence-corrected chi connectivity index (χ2v) is 4.46. The number of hydrogen-bond acceptors (Lipinski definition) is 4. The number of esters is 2. The first-order valence-electron chi connectivity index (χ1n) is 5.85. The zero-order valence-corrected chi connectivity index (χ0v) is 11.3. The molecule has 0 rings (SSSR count). The molecule has 0 aliphatic rings. The van der Waals surface area contributed by atoms with Crippen LogP contribution >= 0.6 is 0 Å². The summed E-state index contributed by atoms with van der Waals surface area (Å²) in [6.07, 6.45) is 1.70. The molecule has 0 fully saturated rings. The Labute approximate surface area is 103 Å². The number of rotatable bonds is 6. The molecule has 0 saturated heterocycles. The van der Waals surface area contributed by atoms with Crippen molar-refractivity contribution in [3.8, 4) is 0 Å². The van der Waals surface area contributed by atoms with E-state index in [4.69, 9.17) is 9.47 Å². The fourth-order valence-corrected chi connectivity index (χ4v) is 0.889. The molecule has 0 spiro atoms. The fourth-order valence-electron chi connectivity index (χ4n) is 0.889. The van der Waals surface area contributed by atoms with Gasteiger partial charge in [0, 0.05) is 11.5 Å². The molecule has 0 saturated carbocycles. The van der Waals surface area contributed by atoms with Crippen LogP contribution in [0, 0.1) is 11.8 Å². The molecule has 0 heterocycles. The summed E-state index contributed by atoms with van der Waals surface area (Å²) in [5.74, 6) is -0.677. The van der Waals surface area contributed by atoms with Gasteiger partial charge in [0.2, 0.25) is 0 Å². The lowest BCUT2D eigenvalue weighted by atomic mass is 10.2. The topological polar surface area (TPSA) is 52.6 Å². The van der Waals surface area contributed by atoms with Crippen LogP contribution in [0.5, 0.6) is 0 Å². The van der Waals surface area contributed by atoms with Crippen molar-refractivity contribution in [1.29, 1.82) is 0 Å². The van der Waals surface area contributed by atoms with Crippen LogP contribution in [0.25, 0.3) is 0 Å². The summed E-state index contributed by atoms with van der Waals surface area (Å²) in [5, 5.41) is 0. The van der Waals surface area contributed by atoms with Gasteiger partial charge in [-0.05, 0) is 13.8 Å². The molecule has 0 unspecified atom stereocenters. The van der Waals surface area contributed by atoms with E-state index in [9.17, 15) is 9.59 Å². The van der Waals surface area contributed by atoms with Gasteiger partial charge < -0.3 is 9.47 Å². The van der Waals surface area contributed by atoms with E-state index >= 15 is 0 Å². The molecule has 0 radical (unpaired) electrons. The molecule has 0 aromatic carbocycles. The Kier molecular flexibility index (Phi) is 7.26. The second kappa shape index (κ2) is 7.87. The molecule has 0 aliphatic heterocycles. The molecule has 0 aromatic rings. The normalized spacial score (nSPS) is 13.4. The molecule has 0 bridgehead atoms. The largest absolute Gasteiger partial charge is 0.465 e. The molecule has 0 N–H and O–H groups in total. The molecule has 4 nitrogen and oxygen atoms in total. The highest BCUT2D eigenvalue weighted by atomic mass is 16.5. The highest BCUT2D eigenvalue weighted by Crippen LogP contribution is 2.04. The number of allylic oxidation sites excluding steroid dienone is 1. The Hall–Kier alpha value is -1.32. The predicted molar refractivity (Wildman–Crippen MR) is 65.4 cm³/mol. The molecular formula is C13H22O4. The van der Waals surface area contributed by atoms with Crippen molar-refractivity contribution in [3.63, 3.8) is 0 Å². The Morgan fingerprint density at radius 2 is 1.65 bits per heavy atom. The third-order valence-corrected chi connectivity index (χ3v) is 2.24. The maximum absolute atomic E-state index is 11.3. The van der Waals surface area contributed by atoms with Crippen molar-refractivity contribution in [2.75, 3.05) is 13.2 Å². The average Bonchev–Trinajstić information content (AvgIpc) is 2.31. The molecule has 0 amide bonds. The van der Waals surface area contributed by atoms with E-state index in [0.29, 0.717) is 5.57 Å². The minimum absolute atomic E-state index is 0.00584. The van der Waals surface area contributed by atoms with Crippen LogP contribution in [0.3, 0.4) is 0 Å². The van der Waals surface area contributed by atoms with Crippen LogP contribution < -0.4 is 0 Å². The lowest BCUT2D eigenvalue weighted by molar-refractivity contribution is -0.150. The monoisotopic (exact) mass is 242 g/mol. The van der Waals surface area contributed by atoms with Crippen molar-refractivity contribution in [2.24, 2.45) is 11.8 Å². The van der Waals surface area contributed by atoms with Crippen molar-refractivity contribution >= 4 is 11.9 Å². The molecule has 0 aromatic heterocycles. The first-order chi connectivity index (χ1) is 7.88. The van der Waals surface area contributed by atoms with E-state index in [1.165, 1.54) is 0 Å². The van der Waals surface area contributed by atoms with E-state index < -0.39 is 0 Å². The summed E-state index contributed by atoms with van der Waals surface area (Å²) in [5.41, 5.74) is 0.580. The van der Waals surface area contributed by atoms with Gasteiger partial charge in [-0.1, -0.05) is 26.8 Å². The smallest absolute Gasteiger partial charge is 0.333 e. The predicted octanol–water partition coefficient (Wildman–Crippen LogP) is 2.33. The van der Waals surface area contributed by atoms with Crippen LogP contribution in [0.2, 0.25) is 0 Å². The Balaban J connectivity index is 3.85. The van der Waals surface area contributed by atoms with Crippen molar-refractivity contribution in [2.45, 2.75) is 34.6 Å². The second-order valence-electron chi connectivity index (χ2n) is 4.46. The quantitative estimate of drug-likeness (QED) is 0.530. The summed E-state index contributed by atoms with van der Waals surface area (Å²) in [6, 6.07) is 0. The standard InChI is InChI=1S/C13H22O4/c1-6-11(5)13(15)17-8-10(4)7-16-12(14)9(2)3/h6,9-10H,7-8H2,1-5H3/b11-6-/t10-/m1/s1. The number of ether oxygens (including phenoxy) is 2. The van der Waals surface area contributed by atoms with E-state index in [2.05, 4.69) is 0 Å². The van der Waals surface area contributed by atoms with Gasteiger partial charge in [0.1, 0.15) is 0 Å². The van der Waals surface area contributed by atoms with Crippen LogP contribution in [0.15, 0.2) is 11.6 Å². The maximum Gasteiger partial charge on any atom is 0.333 e. The van der Waals surface area contributed by atoms with Gasteiger partial charge in [0.25, 0.3) is 0 Å². The van der Waals surface area contributed by atoms with Crippen LogP contribution in [-0.4, -0.2) is 25.2 Å². The van der Waals surface area contributed by atoms with E-state index in [1.807, 2.05) is 6.92 Å². The molecule has 1 atom stereocenters. The van der Waals surface area contributed by atoms with E-state index in [1.54, 1.807) is 33.8 Å². The lowest BCUT2D eigenvalue weighted by Gasteiger charge is -2.13. The van der Waals surface area contributed by atoms with Crippen molar-refractivity contribution in [1.82, 2.24) is 0 Å². The van der Waals surface area contributed by atoms with E-state index in [0.717, 1.165) is 0 Å². The fraction of sp³-hybridized carbons (Fsp3) is 0.692. The van der Waals surface area contributed by atoms with Gasteiger partial charge in [0.15, 0.2) is 0 Å². The van der Waals surface area contributed by atoms with Gasteiger partial charge in [0.05, 0.1) is 19.1 Å². The molecule has 17 heavy (non-hydrogen) atoms. The highest BCUT2D eigenvalue weighted by Gasteiger charge is 2.13. The SMILES string of the molecule is C/C=C(/C)C(=O)OC[C@H](C)COC(=O)C(C)C. The van der Waals surface area contributed by atoms with Crippen LogP contribution in [0.4, 0.5) is 0 Å². The van der Waals surface area contributed by atoms with Gasteiger partial charge in [-0.3, -0.25) is 4.79 Å². The van der Waals surface area contributed by atoms with Gasteiger partial charge in [-0.25, -0.2) is 4.79 Å². The number of carbonyl (C=O) groups excluding carboxylic acids is 2. The minimum atomic E-state index is -0.325. The first kappa shape index (κ1) is 15.7. The van der Waals surface area contributed by atoms with Crippen LogP contribution in [-0.2, 0) is 19.1 Å². The number of hydrogen-bond donors (Lipinski definition) is 0. The third-order valence-electron chi connectivity index (χ3n) is 2.24. The zero-order chi connectivity index (χ0) is 13.4. The molecular weight excluding hydrogens is 220 g/mol. The first-order valence-corrected chi connectivity index (χ1v) is 5.85. The molecule has 98 valence electrons. The van der Waals surface area contributed by atoms with Crippen molar-refractivity contribution < 1.29 is 19.1 Å². The summed E-state index contributed by atoms with van der Waals surface area (Å²) in [4.78, 5) is 22.5. The minimum Gasteiger partial charge on any atom is -0.465 e. The van der Waals surface area contributed by atoms with Crippen LogP contribution in [0.1, 0.15) is 34.6 Å². The zero-order valence-electron chi connectivity index (χ0n) is 11.3. The number of carbonyl (C=O) groups is 2. The molecule has 4 heteroatoms. The highest BCUT2D eigenvalue weighted by molar-refractivity contribution is 5.87. The Bertz CT molecular complexity index is 292.